The van der Waals surface area contributed by atoms with Gasteiger partial charge < -0.3 is 5.32 Å². The first-order valence-corrected chi connectivity index (χ1v) is 5.74. The lowest BCUT2D eigenvalue weighted by Crippen LogP contribution is -2.04. The third-order valence-corrected chi connectivity index (χ3v) is 2.68. The summed E-state index contributed by atoms with van der Waals surface area (Å²) in [4.78, 5) is 12.4. The standard InChI is InChI=1S/C13H16N4/c1-3-12-6-13(17-9-16-12)15-8-11-4-5-14-7-10(11)2/h4-7,9H,3,8H2,1-2H3,(H,15,16,17). The molecule has 0 saturated carbocycles. The number of aryl methyl sites for hydroxylation is 2. The molecule has 1 N–H and O–H groups in total. The fraction of sp³-hybridized carbons (Fsp3) is 0.308. The highest BCUT2D eigenvalue weighted by atomic mass is 15.0. The van der Waals surface area contributed by atoms with Crippen LogP contribution >= 0.6 is 0 Å². The lowest BCUT2D eigenvalue weighted by atomic mass is 10.1. The van der Waals surface area contributed by atoms with Gasteiger partial charge in [0.1, 0.15) is 12.1 Å². The molecule has 0 aromatic carbocycles. The lowest BCUT2D eigenvalue weighted by molar-refractivity contribution is 0.983. The summed E-state index contributed by atoms with van der Waals surface area (Å²) >= 11 is 0. The van der Waals surface area contributed by atoms with Crippen LogP contribution in [0, 0.1) is 6.92 Å². The van der Waals surface area contributed by atoms with E-state index in [0.717, 1.165) is 24.5 Å². The Morgan fingerprint density at radius 1 is 1.29 bits per heavy atom. The minimum atomic E-state index is 0.758. The van der Waals surface area contributed by atoms with Gasteiger partial charge in [0.25, 0.3) is 0 Å². The molecule has 0 spiro atoms. The van der Waals surface area contributed by atoms with Crippen molar-refractivity contribution < 1.29 is 0 Å². The number of aromatic nitrogens is 3. The summed E-state index contributed by atoms with van der Waals surface area (Å²) in [7, 11) is 0. The summed E-state index contributed by atoms with van der Waals surface area (Å²) in [6.07, 6.45) is 6.20. The summed E-state index contributed by atoms with van der Waals surface area (Å²) < 4.78 is 0. The molecule has 0 aliphatic carbocycles. The molecular weight excluding hydrogens is 212 g/mol. The monoisotopic (exact) mass is 228 g/mol. The molecule has 4 heteroatoms. The maximum absolute atomic E-state index is 4.19. The van der Waals surface area contributed by atoms with Gasteiger partial charge in [-0.3, -0.25) is 4.98 Å². The summed E-state index contributed by atoms with van der Waals surface area (Å²) in [5.41, 5.74) is 3.47. The molecule has 0 saturated heterocycles. The number of rotatable bonds is 4. The normalized spacial score (nSPS) is 10.2. The van der Waals surface area contributed by atoms with Gasteiger partial charge in [0.05, 0.1) is 0 Å². The minimum absolute atomic E-state index is 0.758. The fourth-order valence-corrected chi connectivity index (χ4v) is 1.57. The summed E-state index contributed by atoms with van der Waals surface area (Å²) in [5, 5.41) is 3.30. The van der Waals surface area contributed by atoms with Gasteiger partial charge in [-0.05, 0) is 30.5 Å². The Morgan fingerprint density at radius 2 is 2.18 bits per heavy atom. The predicted octanol–water partition coefficient (Wildman–Crippen LogP) is 2.35. The van der Waals surface area contributed by atoms with E-state index in [-0.39, 0.29) is 0 Å². The van der Waals surface area contributed by atoms with Crippen LogP contribution in [0.3, 0.4) is 0 Å². The van der Waals surface area contributed by atoms with Crippen molar-refractivity contribution >= 4 is 5.82 Å². The summed E-state index contributed by atoms with van der Waals surface area (Å²) in [6.45, 7) is 4.90. The number of nitrogens with zero attached hydrogens (tertiary/aromatic N) is 3. The quantitative estimate of drug-likeness (QED) is 0.872. The van der Waals surface area contributed by atoms with Crippen molar-refractivity contribution in [1.29, 1.82) is 0 Å². The van der Waals surface area contributed by atoms with Crippen LogP contribution in [0.5, 0.6) is 0 Å². The molecule has 0 radical (unpaired) electrons. The molecule has 0 aliphatic heterocycles. The van der Waals surface area contributed by atoms with E-state index in [1.807, 2.05) is 24.5 Å². The second kappa shape index (κ2) is 5.39. The number of nitrogens with one attached hydrogen (secondary N) is 1. The Kier molecular flexibility index (Phi) is 3.65. The Bertz CT molecular complexity index is 496. The predicted molar refractivity (Wildman–Crippen MR) is 67.7 cm³/mol. The molecule has 2 rings (SSSR count). The zero-order chi connectivity index (χ0) is 12.1. The van der Waals surface area contributed by atoms with Crippen LogP contribution in [0.25, 0.3) is 0 Å². The molecular formula is C13H16N4. The zero-order valence-corrected chi connectivity index (χ0v) is 10.1. The molecule has 17 heavy (non-hydrogen) atoms. The van der Waals surface area contributed by atoms with Gasteiger partial charge in [0, 0.05) is 30.7 Å². The average molecular weight is 228 g/mol. The molecule has 88 valence electrons. The first-order chi connectivity index (χ1) is 8.29. The minimum Gasteiger partial charge on any atom is -0.366 e. The number of hydrogen-bond donors (Lipinski definition) is 1. The zero-order valence-electron chi connectivity index (χ0n) is 10.1. The van der Waals surface area contributed by atoms with Crippen molar-refractivity contribution in [2.75, 3.05) is 5.32 Å². The number of pyridine rings is 1. The smallest absolute Gasteiger partial charge is 0.129 e. The van der Waals surface area contributed by atoms with E-state index >= 15 is 0 Å². The molecule has 2 heterocycles. The van der Waals surface area contributed by atoms with E-state index in [4.69, 9.17) is 0 Å². The van der Waals surface area contributed by atoms with Crippen LogP contribution in [0.2, 0.25) is 0 Å². The van der Waals surface area contributed by atoms with Gasteiger partial charge >= 0.3 is 0 Å². The average Bonchev–Trinajstić information content (AvgIpc) is 2.38. The molecule has 0 fully saturated rings. The van der Waals surface area contributed by atoms with Crippen molar-refractivity contribution in [2.24, 2.45) is 0 Å². The molecule has 2 aromatic heterocycles. The van der Waals surface area contributed by atoms with Crippen molar-refractivity contribution in [1.82, 2.24) is 15.0 Å². The Balaban J connectivity index is 2.05. The van der Waals surface area contributed by atoms with Crippen LogP contribution < -0.4 is 5.32 Å². The van der Waals surface area contributed by atoms with Crippen LogP contribution in [-0.4, -0.2) is 15.0 Å². The van der Waals surface area contributed by atoms with Crippen LogP contribution in [0.1, 0.15) is 23.7 Å². The molecule has 0 atom stereocenters. The van der Waals surface area contributed by atoms with Crippen LogP contribution in [-0.2, 0) is 13.0 Å². The lowest BCUT2D eigenvalue weighted by Gasteiger charge is -2.08. The molecule has 0 aliphatic rings. The molecule has 0 bridgehead atoms. The van der Waals surface area contributed by atoms with Crippen LogP contribution in [0.15, 0.2) is 30.9 Å². The third kappa shape index (κ3) is 3.00. The highest BCUT2D eigenvalue weighted by Crippen LogP contribution is 2.09. The molecule has 0 amide bonds. The van der Waals surface area contributed by atoms with E-state index in [9.17, 15) is 0 Å². The van der Waals surface area contributed by atoms with Crippen LogP contribution in [0.4, 0.5) is 5.82 Å². The molecule has 0 unspecified atom stereocenters. The van der Waals surface area contributed by atoms with E-state index in [1.165, 1.54) is 11.1 Å². The van der Waals surface area contributed by atoms with Gasteiger partial charge in [-0.15, -0.1) is 0 Å². The van der Waals surface area contributed by atoms with E-state index in [2.05, 4.69) is 34.1 Å². The van der Waals surface area contributed by atoms with Gasteiger partial charge in [-0.1, -0.05) is 6.92 Å². The first-order valence-electron chi connectivity index (χ1n) is 5.74. The van der Waals surface area contributed by atoms with Crippen molar-refractivity contribution in [3.05, 3.63) is 47.7 Å². The number of anilines is 1. The maximum atomic E-state index is 4.19. The molecule has 4 nitrogen and oxygen atoms in total. The van der Waals surface area contributed by atoms with E-state index in [0.29, 0.717) is 0 Å². The third-order valence-electron chi connectivity index (χ3n) is 2.68. The summed E-state index contributed by atoms with van der Waals surface area (Å²) in [5.74, 6) is 0.869. The Morgan fingerprint density at radius 3 is 2.94 bits per heavy atom. The second-order valence-electron chi connectivity index (χ2n) is 3.90. The Hall–Kier alpha value is -1.97. The van der Waals surface area contributed by atoms with Gasteiger partial charge in [-0.25, -0.2) is 9.97 Å². The highest BCUT2D eigenvalue weighted by Gasteiger charge is 1.99. The largest absolute Gasteiger partial charge is 0.366 e. The van der Waals surface area contributed by atoms with Crippen molar-refractivity contribution in [3.8, 4) is 0 Å². The van der Waals surface area contributed by atoms with Gasteiger partial charge in [0.15, 0.2) is 0 Å². The van der Waals surface area contributed by atoms with Crippen molar-refractivity contribution in [2.45, 2.75) is 26.8 Å². The number of hydrogen-bond acceptors (Lipinski definition) is 4. The van der Waals surface area contributed by atoms with Gasteiger partial charge in [0.2, 0.25) is 0 Å². The van der Waals surface area contributed by atoms with E-state index in [1.54, 1.807) is 6.33 Å². The van der Waals surface area contributed by atoms with Crippen molar-refractivity contribution in [3.63, 3.8) is 0 Å². The fourth-order valence-electron chi connectivity index (χ4n) is 1.57. The highest BCUT2D eigenvalue weighted by molar-refractivity contribution is 5.37. The SMILES string of the molecule is CCc1cc(NCc2ccncc2C)ncn1. The van der Waals surface area contributed by atoms with Gasteiger partial charge in [-0.2, -0.15) is 0 Å². The molecule has 2 aromatic rings. The first kappa shape index (κ1) is 11.5. The Labute approximate surface area is 101 Å². The summed E-state index contributed by atoms with van der Waals surface area (Å²) in [6, 6.07) is 4.00. The topological polar surface area (TPSA) is 50.7 Å². The maximum Gasteiger partial charge on any atom is 0.129 e. The van der Waals surface area contributed by atoms with E-state index < -0.39 is 0 Å². The second-order valence-corrected chi connectivity index (χ2v) is 3.90.